The number of aryl methyl sites for hydroxylation is 1. The SMILES string of the molecule is Cn1c(=O)n([C@H]2C[C@H](Nc3nc4ccccc4s3)C2)c2nccnc21. The smallest absolute Gasteiger partial charge is 0.331 e. The lowest BCUT2D eigenvalue weighted by atomic mass is 9.86. The van der Waals surface area contributed by atoms with Crippen LogP contribution in [0.3, 0.4) is 0 Å². The predicted molar refractivity (Wildman–Crippen MR) is 98.1 cm³/mol. The molecule has 1 aliphatic rings. The van der Waals surface area contributed by atoms with Crippen molar-refractivity contribution in [2.24, 2.45) is 7.05 Å². The number of imidazole rings is 1. The Bertz CT molecular complexity index is 1100. The molecule has 3 aromatic heterocycles. The van der Waals surface area contributed by atoms with Gasteiger partial charge in [0, 0.05) is 31.5 Å². The molecule has 1 saturated carbocycles. The molecule has 3 heterocycles. The molecule has 126 valence electrons. The second-order valence-corrected chi connectivity index (χ2v) is 7.40. The molecule has 0 bridgehead atoms. The lowest BCUT2D eigenvalue weighted by Gasteiger charge is -2.36. The maximum Gasteiger partial charge on any atom is 0.331 e. The first-order chi connectivity index (χ1) is 12.2. The van der Waals surface area contributed by atoms with Gasteiger partial charge in [-0.1, -0.05) is 23.5 Å². The summed E-state index contributed by atoms with van der Waals surface area (Å²) in [6.07, 6.45) is 5.01. The van der Waals surface area contributed by atoms with Gasteiger partial charge < -0.3 is 5.32 Å². The number of fused-ring (bicyclic) bond motifs is 2. The molecule has 1 fully saturated rings. The van der Waals surface area contributed by atoms with Crippen LogP contribution in [0.5, 0.6) is 0 Å². The lowest BCUT2D eigenvalue weighted by Crippen LogP contribution is -2.40. The summed E-state index contributed by atoms with van der Waals surface area (Å²) >= 11 is 1.66. The Balaban J connectivity index is 1.37. The average Bonchev–Trinajstić information content (AvgIpc) is 3.11. The Hall–Kier alpha value is -2.74. The number of hydrogen-bond donors (Lipinski definition) is 1. The maximum absolute atomic E-state index is 12.5. The van der Waals surface area contributed by atoms with Crippen molar-refractivity contribution in [1.82, 2.24) is 24.1 Å². The van der Waals surface area contributed by atoms with Crippen LogP contribution in [0.25, 0.3) is 21.5 Å². The van der Waals surface area contributed by atoms with Crippen molar-refractivity contribution in [3.63, 3.8) is 0 Å². The van der Waals surface area contributed by atoms with Crippen LogP contribution in [-0.2, 0) is 7.05 Å². The zero-order valence-corrected chi connectivity index (χ0v) is 14.4. The molecule has 1 N–H and O–H groups in total. The second-order valence-electron chi connectivity index (χ2n) is 6.37. The van der Waals surface area contributed by atoms with E-state index in [0.717, 1.165) is 23.5 Å². The summed E-state index contributed by atoms with van der Waals surface area (Å²) in [6, 6.07) is 8.60. The van der Waals surface area contributed by atoms with E-state index >= 15 is 0 Å². The van der Waals surface area contributed by atoms with Crippen LogP contribution in [0.15, 0.2) is 41.5 Å². The van der Waals surface area contributed by atoms with E-state index in [4.69, 9.17) is 0 Å². The standard InChI is InChI=1S/C17H16N6OS/c1-22-14-15(19-7-6-18-14)23(17(22)24)11-8-10(9-11)20-16-21-12-4-2-3-5-13(12)25-16/h2-7,10-11H,8-9H2,1H3,(H,20,21)/t10-,11-. The molecule has 25 heavy (non-hydrogen) atoms. The van der Waals surface area contributed by atoms with Crippen molar-refractivity contribution in [2.45, 2.75) is 24.9 Å². The van der Waals surface area contributed by atoms with Gasteiger partial charge in [0.2, 0.25) is 0 Å². The van der Waals surface area contributed by atoms with Gasteiger partial charge >= 0.3 is 5.69 Å². The first-order valence-electron chi connectivity index (χ1n) is 8.21. The number of anilines is 1. The highest BCUT2D eigenvalue weighted by Crippen LogP contribution is 2.36. The highest BCUT2D eigenvalue weighted by atomic mass is 32.1. The van der Waals surface area contributed by atoms with E-state index in [1.54, 1.807) is 39.9 Å². The third-order valence-corrected chi connectivity index (χ3v) is 5.77. The number of aromatic nitrogens is 5. The molecule has 0 radical (unpaired) electrons. The minimum absolute atomic E-state index is 0.0513. The number of para-hydroxylation sites is 1. The average molecular weight is 352 g/mol. The van der Waals surface area contributed by atoms with Gasteiger partial charge in [-0.2, -0.15) is 0 Å². The summed E-state index contributed by atoms with van der Waals surface area (Å²) in [5, 5.41) is 4.43. The molecule has 1 aromatic carbocycles. The van der Waals surface area contributed by atoms with Crippen molar-refractivity contribution in [1.29, 1.82) is 0 Å². The summed E-state index contributed by atoms with van der Waals surface area (Å²) in [4.78, 5) is 25.8. The molecule has 0 amide bonds. The summed E-state index contributed by atoms with van der Waals surface area (Å²) < 4.78 is 4.52. The van der Waals surface area contributed by atoms with Crippen molar-refractivity contribution >= 4 is 38.0 Å². The second kappa shape index (κ2) is 5.38. The summed E-state index contributed by atoms with van der Waals surface area (Å²) in [5.41, 5.74) is 2.27. The fourth-order valence-electron chi connectivity index (χ4n) is 3.43. The maximum atomic E-state index is 12.5. The number of hydrogen-bond acceptors (Lipinski definition) is 6. The van der Waals surface area contributed by atoms with Crippen LogP contribution in [0.1, 0.15) is 18.9 Å². The molecular formula is C17H16N6OS. The molecule has 7 nitrogen and oxygen atoms in total. The molecule has 0 saturated heterocycles. The fraction of sp³-hybridized carbons (Fsp3) is 0.294. The van der Waals surface area contributed by atoms with Gasteiger partial charge in [0.05, 0.1) is 10.2 Å². The van der Waals surface area contributed by atoms with Gasteiger partial charge in [-0.15, -0.1) is 0 Å². The third kappa shape index (κ3) is 2.25. The molecule has 0 aliphatic heterocycles. The van der Waals surface area contributed by atoms with Crippen LogP contribution in [0.4, 0.5) is 5.13 Å². The highest BCUT2D eigenvalue weighted by Gasteiger charge is 2.34. The molecular weight excluding hydrogens is 336 g/mol. The monoisotopic (exact) mass is 352 g/mol. The molecule has 0 unspecified atom stereocenters. The number of benzene rings is 1. The molecule has 8 heteroatoms. The fourth-order valence-corrected chi connectivity index (χ4v) is 4.37. The Kier molecular flexibility index (Phi) is 3.14. The van der Waals surface area contributed by atoms with Gasteiger partial charge in [-0.05, 0) is 25.0 Å². The number of nitrogens with one attached hydrogen (secondary N) is 1. The first-order valence-corrected chi connectivity index (χ1v) is 9.02. The number of rotatable bonds is 3. The van der Waals surface area contributed by atoms with Crippen molar-refractivity contribution in [3.8, 4) is 0 Å². The van der Waals surface area contributed by atoms with Crippen LogP contribution < -0.4 is 11.0 Å². The Morgan fingerprint density at radius 2 is 1.92 bits per heavy atom. The molecule has 5 rings (SSSR count). The first kappa shape index (κ1) is 14.6. The van der Waals surface area contributed by atoms with Crippen molar-refractivity contribution in [3.05, 3.63) is 47.1 Å². The molecule has 4 aromatic rings. The van der Waals surface area contributed by atoms with Crippen LogP contribution >= 0.6 is 11.3 Å². The van der Waals surface area contributed by atoms with Gasteiger partial charge in [-0.25, -0.2) is 19.7 Å². The minimum Gasteiger partial charge on any atom is -0.359 e. The van der Waals surface area contributed by atoms with Gasteiger partial charge in [-0.3, -0.25) is 9.13 Å². The van der Waals surface area contributed by atoms with Gasteiger partial charge in [0.25, 0.3) is 0 Å². The predicted octanol–water partition coefficient (Wildman–Crippen LogP) is 2.56. The topological polar surface area (TPSA) is 77.6 Å². The third-order valence-electron chi connectivity index (χ3n) is 4.80. The Labute approximate surface area is 147 Å². The largest absolute Gasteiger partial charge is 0.359 e. The lowest BCUT2D eigenvalue weighted by molar-refractivity contribution is 0.280. The summed E-state index contributed by atoms with van der Waals surface area (Å²) in [7, 11) is 1.74. The number of thiazole rings is 1. The zero-order chi connectivity index (χ0) is 17.0. The van der Waals surface area contributed by atoms with Crippen molar-refractivity contribution in [2.75, 3.05) is 5.32 Å². The van der Waals surface area contributed by atoms with Crippen LogP contribution in [0.2, 0.25) is 0 Å². The molecule has 0 atom stereocenters. The Morgan fingerprint density at radius 1 is 1.16 bits per heavy atom. The van der Waals surface area contributed by atoms with Gasteiger partial charge in [0.1, 0.15) is 0 Å². The quantitative estimate of drug-likeness (QED) is 0.613. The van der Waals surface area contributed by atoms with E-state index in [2.05, 4.69) is 26.3 Å². The minimum atomic E-state index is -0.0513. The normalized spacial score (nSPS) is 20.0. The van der Waals surface area contributed by atoms with Crippen LogP contribution in [-0.4, -0.2) is 30.1 Å². The zero-order valence-electron chi connectivity index (χ0n) is 13.6. The highest BCUT2D eigenvalue weighted by molar-refractivity contribution is 7.22. The van der Waals surface area contributed by atoms with E-state index in [9.17, 15) is 4.79 Å². The Morgan fingerprint density at radius 3 is 2.72 bits per heavy atom. The van der Waals surface area contributed by atoms with E-state index < -0.39 is 0 Å². The van der Waals surface area contributed by atoms with E-state index in [1.807, 2.05) is 18.2 Å². The number of nitrogens with zero attached hydrogens (tertiary/aromatic N) is 5. The van der Waals surface area contributed by atoms with Crippen LogP contribution in [0, 0.1) is 0 Å². The van der Waals surface area contributed by atoms with E-state index in [1.165, 1.54) is 4.70 Å². The van der Waals surface area contributed by atoms with Crippen molar-refractivity contribution < 1.29 is 0 Å². The van der Waals surface area contributed by atoms with Gasteiger partial charge in [0.15, 0.2) is 16.4 Å². The molecule has 1 aliphatic carbocycles. The van der Waals surface area contributed by atoms with E-state index in [-0.39, 0.29) is 11.7 Å². The summed E-state index contributed by atoms with van der Waals surface area (Å²) in [6.45, 7) is 0. The summed E-state index contributed by atoms with van der Waals surface area (Å²) in [5.74, 6) is 0. The molecule has 0 spiro atoms. The van der Waals surface area contributed by atoms with E-state index in [0.29, 0.717) is 17.3 Å².